The van der Waals surface area contributed by atoms with E-state index in [4.69, 9.17) is 4.74 Å². The lowest BCUT2D eigenvalue weighted by molar-refractivity contribution is -0.118. The zero-order valence-corrected chi connectivity index (χ0v) is 16.2. The van der Waals surface area contributed by atoms with Gasteiger partial charge in [0.1, 0.15) is 5.75 Å². The lowest BCUT2D eigenvalue weighted by atomic mass is 10.1. The maximum atomic E-state index is 12.7. The van der Waals surface area contributed by atoms with Crippen LogP contribution in [-0.2, 0) is 11.2 Å². The number of carbonyl (C=O) groups is 1. The first kappa shape index (κ1) is 18.8. The van der Waals surface area contributed by atoms with E-state index in [2.05, 4.69) is 30.1 Å². The number of rotatable bonds is 6. The Bertz CT molecular complexity index is 886. The smallest absolute Gasteiger partial charge is 0.247 e. The Kier molecular flexibility index (Phi) is 5.65. The number of anilines is 1. The number of benzene rings is 2. The fraction of sp³-hybridized carbons (Fsp3) is 0.261. The van der Waals surface area contributed by atoms with Crippen molar-refractivity contribution >= 4 is 17.7 Å². The largest absolute Gasteiger partial charge is 0.495 e. The molecule has 2 aromatic rings. The number of carbonyl (C=O) groups excluding carboxylic acids is 1. The zero-order chi connectivity index (χ0) is 19.4. The molecule has 0 radical (unpaired) electrons. The average molecular weight is 362 g/mol. The quantitative estimate of drug-likeness (QED) is 0.770. The monoisotopic (exact) mass is 362 g/mol. The van der Waals surface area contributed by atoms with Gasteiger partial charge < -0.3 is 15.0 Å². The number of hydrogen-bond donors (Lipinski definition) is 1. The third-order valence-corrected chi connectivity index (χ3v) is 5.04. The lowest BCUT2D eigenvalue weighted by Crippen LogP contribution is -2.27. The van der Waals surface area contributed by atoms with E-state index in [0.29, 0.717) is 5.57 Å². The van der Waals surface area contributed by atoms with Crippen molar-refractivity contribution in [1.29, 1.82) is 0 Å². The molecular formula is C23H26N2O2. The predicted molar refractivity (Wildman–Crippen MR) is 111 cm³/mol. The van der Waals surface area contributed by atoms with E-state index >= 15 is 0 Å². The molecule has 0 aliphatic heterocycles. The highest BCUT2D eigenvalue weighted by molar-refractivity contribution is 5.97. The normalized spacial score (nSPS) is 15.8. The molecule has 0 bridgehead atoms. The zero-order valence-electron chi connectivity index (χ0n) is 16.2. The van der Waals surface area contributed by atoms with Crippen LogP contribution in [0.4, 0.5) is 5.69 Å². The van der Waals surface area contributed by atoms with Gasteiger partial charge in [-0.3, -0.25) is 4.79 Å². The lowest BCUT2D eigenvalue weighted by Gasteiger charge is -2.18. The van der Waals surface area contributed by atoms with Gasteiger partial charge in [0.25, 0.3) is 0 Å². The molecule has 4 nitrogen and oxygen atoms in total. The maximum absolute atomic E-state index is 12.7. The Labute approximate surface area is 161 Å². The van der Waals surface area contributed by atoms with E-state index in [1.807, 2.05) is 49.2 Å². The highest BCUT2D eigenvalue weighted by atomic mass is 16.5. The van der Waals surface area contributed by atoms with Gasteiger partial charge in [0.05, 0.1) is 18.8 Å². The number of fused-ring (bicyclic) bond motifs is 1. The van der Waals surface area contributed by atoms with Crippen molar-refractivity contribution in [1.82, 2.24) is 5.32 Å². The molecule has 1 aliphatic carbocycles. The molecule has 0 aromatic heterocycles. The number of nitrogens with zero attached hydrogens (tertiary/aromatic N) is 1. The third kappa shape index (κ3) is 4.05. The molecule has 1 amide bonds. The van der Waals surface area contributed by atoms with Gasteiger partial charge in [-0.15, -0.1) is 0 Å². The first-order valence-corrected chi connectivity index (χ1v) is 9.14. The number of methoxy groups -OCH3 is 1. The van der Waals surface area contributed by atoms with Crippen LogP contribution < -0.4 is 15.0 Å². The predicted octanol–water partition coefficient (Wildman–Crippen LogP) is 4.48. The number of amides is 1. The summed E-state index contributed by atoms with van der Waals surface area (Å²) in [5, 5.41) is 3.16. The first-order chi connectivity index (χ1) is 13.0. The van der Waals surface area contributed by atoms with Crippen molar-refractivity contribution in [2.24, 2.45) is 0 Å². The van der Waals surface area contributed by atoms with Crippen LogP contribution in [0.1, 0.15) is 36.1 Å². The van der Waals surface area contributed by atoms with Gasteiger partial charge in [-0.05, 0) is 60.9 Å². The van der Waals surface area contributed by atoms with Gasteiger partial charge in [0.2, 0.25) is 5.91 Å². The topological polar surface area (TPSA) is 41.6 Å². The maximum Gasteiger partial charge on any atom is 0.247 e. The minimum Gasteiger partial charge on any atom is -0.495 e. The minimum absolute atomic E-state index is 0.0389. The Morgan fingerprint density at radius 3 is 2.81 bits per heavy atom. The number of hydrogen-bond acceptors (Lipinski definition) is 3. The van der Waals surface area contributed by atoms with Gasteiger partial charge >= 0.3 is 0 Å². The molecule has 1 N–H and O–H groups in total. The fourth-order valence-electron chi connectivity index (χ4n) is 3.47. The highest BCUT2D eigenvalue weighted by Gasteiger charge is 2.23. The molecule has 4 heteroatoms. The van der Waals surface area contributed by atoms with Crippen LogP contribution >= 0.6 is 0 Å². The van der Waals surface area contributed by atoms with E-state index in [9.17, 15) is 4.79 Å². The van der Waals surface area contributed by atoms with Crippen LogP contribution in [-0.4, -0.2) is 20.1 Å². The van der Waals surface area contributed by atoms with Crippen LogP contribution in [0.15, 0.2) is 60.8 Å². The molecular weight excluding hydrogens is 336 g/mol. The van der Waals surface area contributed by atoms with Crippen LogP contribution in [0.2, 0.25) is 0 Å². The van der Waals surface area contributed by atoms with E-state index in [-0.39, 0.29) is 11.9 Å². The van der Waals surface area contributed by atoms with E-state index in [1.165, 1.54) is 11.1 Å². The second-order valence-corrected chi connectivity index (χ2v) is 6.82. The van der Waals surface area contributed by atoms with Crippen molar-refractivity contribution in [3.63, 3.8) is 0 Å². The van der Waals surface area contributed by atoms with Crippen LogP contribution in [0.5, 0.6) is 5.75 Å². The summed E-state index contributed by atoms with van der Waals surface area (Å²) < 4.78 is 5.48. The summed E-state index contributed by atoms with van der Waals surface area (Å²) in [5.41, 5.74) is 5.08. The Balaban J connectivity index is 1.75. The number of ether oxygens (including phenoxy) is 1. The Hall–Kier alpha value is -3.01. The van der Waals surface area contributed by atoms with Gasteiger partial charge in [-0.1, -0.05) is 36.9 Å². The number of aryl methyl sites for hydroxylation is 1. The summed E-state index contributed by atoms with van der Waals surface area (Å²) in [6.07, 6.45) is 5.58. The summed E-state index contributed by atoms with van der Waals surface area (Å²) in [7, 11) is 3.55. The molecule has 3 rings (SSSR count). The van der Waals surface area contributed by atoms with Crippen LogP contribution in [0.25, 0.3) is 6.08 Å². The van der Waals surface area contributed by atoms with E-state index < -0.39 is 0 Å². The molecule has 0 fully saturated rings. The van der Waals surface area contributed by atoms with Crippen molar-refractivity contribution < 1.29 is 9.53 Å². The van der Waals surface area contributed by atoms with Crippen LogP contribution in [0.3, 0.4) is 0 Å². The summed E-state index contributed by atoms with van der Waals surface area (Å²) in [6.45, 7) is 5.62. The Morgan fingerprint density at radius 2 is 2.07 bits per heavy atom. The minimum atomic E-state index is -0.0389. The average Bonchev–Trinajstić information content (AvgIpc) is 3.10. The first-order valence-electron chi connectivity index (χ1n) is 9.14. The fourth-order valence-corrected chi connectivity index (χ4v) is 3.47. The molecule has 0 saturated heterocycles. The second kappa shape index (κ2) is 8.12. The van der Waals surface area contributed by atoms with E-state index in [0.717, 1.165) is 29.8 Å². The number of nitrogens with one attached hydrogen (secondary N) is 1. The molecule has 0 spiro atoms. The van der Waals surface area contributed by atoms with Gasteiger partial charge in [0, 0.05) is 12.6 Å². The standard InChI is InChI=1S/C23H26N2O2/c1-5-25(3)21-13-10-17(15-22(21)27-4)14-16(2)23(26)24-20-12-11-18-8-6-7-9-19(18)20/h5-10,13-15,20H,1,11-12H2,2-4H3,(H,24,26)/b16-14+. The van der Waals surface area contributed by atoms with E-state index in [1.54, 1.807) is 13.3 Å². The highest BCUT2D eigenvalue weighted by Crippen LogP contribution is 2.31. The third-order valence-electron chi connectivity index (χ3n) is 5.04. The van der Waals surface area contributed by atoms with Crippen molar-refractivity contribution in [2.45, 2.75) is 25.8 Å². The van der Waals surface area contributed by atoms with Gasteiger partial charge in [-0.25, -0.2) is 0 Å². The summed E-state index contributed by atoms with van der Waals surface area (Å²) in [5.74, 6) is 0.701. The SMILES string of the molecule is C=CN(C)c1ccc(/C=C(\C)C(=O)NC2CCc3ccccc32)cc1OC. The molecule has 0 heterocycles. The van der Waals surface area contributed by atoms with Crippen molar-refractivity contribution in [2.75, 3.05) is 19.1 Å². The molecule has 0 saturated carbocycles. The molecule has 1 unspecified atom stereocenters. The molecule has 140 valence electrons. The summed E-state index contributed by atoms with van der Waals surface area (Å²) in [6, 6.07) is 14.3. The molecule has 2 aromatic carbocycles. The molecule has 1 atom stereocenters. The van der Waals surface area contributed by atoms with Gasteiger partial charge in [0.15, 0.2) is 0 Å². The summed E-state index contributed by atoms with van der Waals surface area (Å²) >= 11 is 0. The molecule has 1 aliphatic rings. The van der Waals surface area contributed by atoms with Crippen molar-refractivity contribution in [3.05, 3.63) is 77.5 Å². The Morgan fingerprint density at radius 1 is 1.30 bits per heavy atom. The van der Waals surface area contributed by atoms with Crippen molar-refractivity contribution in [3.8, 4) is 5.75 Å². The molecule has 27 heavy (non-hydrogen) atoms. The van der Waals surface area contributed by atoms with Crippen LogP contribution in [0, 0.1) is 0 Å². The second-order valence-electron chi connectivity index (χ2n) is 6.82. The summed E-state index contributed by atoms with van der Waals surface area (Å²) in [4.78, 5) is 14.5. The van der Waals surface area contributed by atoms with Gasteiger partial charge in [-0.2, -0.15) is 0 Å².